The molecule has 6 heteroatoms. The lowest BCUT2D eigenvalue weighted by Gasteiger charge is -1.96. The van der Waals surface area contributed by atoms with E-state index in [2.05, 4.69) is 10.3 Å². The molecule has 1 aliphatic rings. The third-order valence-corrected chi connectivity index (χ3v) is 3.99. The van der Waals surface area contributed by atoms with Crippen LogP contribution in [0.5, 0.6) is 0 Å². The van der Waals surface area contributed by atoms with Crippen molar-refractivity contribution >= 4 is 46.2 Å². The molecule has 1 N–H and O–H groups in total. The largest absolute Gasteiger partial charge is 0.357 e. The molecule has 1 saturated heterocycles. The first-order chi connectivity index (χ1) is 10.1. The van der Waals surface area contributed by atoms with E-state index in [9.17, 15) is 4.79 Å². The molecule has 1 aromatic carbocycles. The van der Waals surface area contributed by atoms with Gasteiger partial charge in [-0.15, -0.1) is 0 Å². The average molecular weight is 318 g/mol. The number of amides is 1. The van der Waals surface area contributed by atoms with E-state index in [0.717, 1.165) is 5.56 Å². The van der Waals surface area contributed by atoms with Crippen molar-refractivity contribution in [3.05, 3.63) is 58.2 Å². The second kappa shape index (κ2) is 5.79. The van der Waals surface area contributed by atoms with Crippen LogP contribution in [0.2, 0.25) is 5.02 Å². The van der Waals surface area contributed by atoms with Crippen molar-refractivity contribution in [2.24, 2.45) is 12.0 Å². The summed E-state index contributed by atoms with van der Waals surface area (Å²) in [4.78, 5) is 16.9. The Hall–Kier alpha value is -1.98. The lowest BCUT2D eigenvalue weighted by Crippen LogP contribution is -2.19. The zero-order valence-corrected chi connectivity index (χ0v) is 12.8. The Bertz CT molecular complexity index is 764. The predicted octanol–water partition coefficient (Wildman–Crippen LogP) is 3.57. The number of carbonyl (C=O) groups is 1. The molecule has 0 atom stereocenters. The van der Waals surface area contributed by atoms with Crippen LogP contribution in [0.15, 0.2) is 52.6 Å². The number of amidine groups is 1. The van der Waals surface area contributed by atoms with Gasteiger partial charge in [0.25, 0.3) is 5.91 Å². The monoisotopic (exact) mass is 317 g/mol. The minimum atomic E-state index is -0.135. The fourth-order valence-electron chi connectivity index (χ4n) is 1.91. The van der Waals surface area contributed by atoms with Gasteiger partial charge in [-0.05, 0) is 47.7 Å². The standard InChI is InChI=1S/C15H12ClN3OS/c1-19-6-5-10(9-19)7-13-14(20)18-15(21-13)17-12-4-2-3-11(16)8-12/h2-9H,1H3,(H,17,18,20)/b13-7+. The molecule has 2 aromatic rings. The summed E-state index contributed by atoms with van der Waals surface area (Å²) in [5, 5.41) is 3.93. The van der Waals surface area contributed by atoms with Gasteiger partial charge in [-0.25, -0.2) is 4.99 Å². The maximum absolute atomic E-state index is 11.9. The Morgan fingerprint density at radius 3 is 2.95 bits per heavy atom. The number of carbonyl (C=O) groups excluding carboxylic acids is 1. The number of benzene rings is 1. The summed E-state index contributed by atoms with van der Waals surface area (Å²) in [6, 6.07) is 9.15. The smallest absolute Gasteiger partial charge is 0.264 e. The highest BCUT2D eigenvalue weighted by atomic mass is 35.5. The number of aryl methyl sites for hydroxylation is 1. The molecular weight excluding hydrogens is 306 g/mol. The van der Waals surface area contributed by atoms with E-state index >= 15 is 0 Å². The van der Waals surface area contributed by atoms with Crippen LogP contribution in [0.4, 0.5) is 5.69 Å². The first-order valence-electron chi connectivity index (χ1n) is 6.27. The van der Waals surface area contributed by atoms with Crippen LogP contribution in [0.1, 0.15) is 5.56 Å². The molecule has 0 bridgehead atoms. The Morgan fingerprint density at radius 2 is 2.24 bits per heavy atom. The summed E-state index contributed by atoms with van der Waals surface area (Å²) in [5.41, 5.74) is 1.70. The van der Waals surface area contributed by atoms with Gasteiger partial charge in [-0.2, -0.15) is 0 Å². The van der Waals surface area contributed by atoms with Gasteiger partial charge in [-0.1, -0.05) is 17.7 Å². The van der Waals surface area contributed by atoms with Crippen LogP contribution in [-0.4, -0.2) is 15.6 Å². The molecule has 1 aliphatic heterocycles. The Labute approximate surface area is 131 Å². The van der Waals surface area contributed by atoms with Crippen molar-refractivity contribution < 1.29 is 4.79 Å². The lowest BCUT2D eigenvalue weighted by molar-refractivity contribution is -0.115. The predicted molar refractivity (Wildman–Crippen MR) is 87.7 cm³/mol. The maximum atomic E-state index is 11.9. The van der Waals surface area contributed by atoms with E-state index in [0.29, 0.717) is 20.8 Å². The van der Waals surface area contributed by atoms with Gasteiger partial charge >= 0.3 is 0 Å². The van der Waals surface area contributed by atoms with Crippen molar-refractivity contribution in [3.8, 4) is 0 Å². The van der Waals surface area contributed by atoms with Crippen molar-refractivity contribution in [2.45, 2.75) is 0 Å². The number of aliphatic imine (C=N–C) groups is 1. The lowest BCUT2D eigenvalue weighted by atomic mass is 10.3. The minimum absolute atomic E-state index is 0.135. The molecule has 1 amide bonds. The summed E-state index contributed by atoms with van der Waals surface area (Å²) in [5.74, 6) is -0.135. The zero-order valence-electron chi connectivity index (χ0n) is 11.2. The van der Waals surface area contributed by atoms with E-state index < -0.39 is 0 Å². The second-order valence-corrected chi connectivity index (χ2v) is 6.04. The van der Waals surface area contributed by atoms with E-state index in [-0.39, 0.29) is 5.91 Å². The molecule has 0 unspecified atom stereocenters. The zero-order chi connectivity index (χ0) is 14.8. The topological polar surface area (TPSA) is 46.4 Å². The summed E-state index contributed by atoms with van der Waals surface area (Å²) >= 11 is 7.24. The van der Waals surface area contributed by atoms with Crippen molar-refractivity contribution in [2.75, 3.05) is 0 Å². The summed E-state index contributed by atoms with van der Waals surface area (Å²) in [6.45, 7) is 0. The SMILES string of the molecule is Cn1ccc(/C=C2/SC(=Nc3cccc(Cl)c3)NC2=O)c1. The molecule has 1 fully saturated rings. The summed E-state index contributed by atoms with van der Waals surface area (Å²) in [6.07, 6.45) is 5.73. The highest BCUT2D eigenvalue weighted by molar-refractivity contribution is 8.18. The van der Waals surface area contributed by atoms with E-state index in [1.807, 2.05) is 48.3 Å². The molecule has 1 aromatic heterocycles. The maximum Gasteiger partial charge on any atom is 0.264 e. The number of nitrogens with one attached hydrogen (secondary N) is 1. The molecule has 2 heterocycles. The highest BCUT2D eigenvalue weighted by Crippen LogP contribution is 2.28. The van der Waals surface area contributed by atoms with Gasteiger partial charge in [0.1, 0.15) is 0 Å². The summed E-state index contributed by atoms with van der Waals surface area (Å²) < 4.78 is 1.94. The van der Waals surface area contributed by atoms with Crippen LogP contribution < -0.4 is 5.32 Å². The Kier molecular flexibility index (Phi) is 3.86. The molecule has 4 nitrogen and oxygen atoms in total. The fraction of sp³-hybridized carbons (Fsp3) is 0.0667. The number of aromatic nitrogens is 1. The molecule has 0 spiro atoms. The van der Waals surface area contributed by atoms with Gasteiger partial charge in [0, 0.05) is 24.5 Å². The van der Waals surface area contributed by atoms with E-state index in [1.165, 1.54) is 11.8 Å². The molecule has 0 saturated carbocycles. The van der Waals surface area contributed by atoms with Crippen LogP contribution in [0.25, 0.3) is 6.08 Å². The molecule has 3 rings (SSSR count). The van der Waals surface area contributed by atoms with Crippen LogP contribution in [0.3, 0.4) is 0 Å². The molecular formula is C15H12ClN3OS. The number of rotatable bonds is 2. The van der Waals surface area contributed by atoms with Crippen molar-refractivity contribution in [1.29, 1.82) is 0 Å². The molecule has 106 valence electrons. The van der Waals surface area contributed by atoms with Crippen molar-refractivity contribution in [1.82, 2.24) is 9.88 Å². The molecule has 0 radical (unpaired) electrons. The number of hydrogen-bond donors (Lipinski definition) is 1. The molecule has 0 aliphatic carbocycles. The van der Waals surface area contributed by atoms with Gasteiger partial charge < -0.3 is 9.88 Å². The van der Waals surface area contributed by atoms with Gasteiger partial charge in [-0.3, -0.25) is 4.79 Å². The first kappa shape index (κ1) is 14.0. The second-order valence-electron chi connectivity index (χ2n) is 4.57. The van der Waals surface area contributed by atoms with Gasteiger partial charge in [0.15, 0.2) is 5.17 Å². The minimum Gasteiger partial charge on any atom is -0.357 e. The van der Waals surface area contributed by atoms with Crippen LogP contribution in [0, 0.1) is 0 Å². The average Bonchev–Trinajstić information content (AvgIpc) is 2.97. The fourth-order valence-corrected chi connectivity index (χ4v) is 2.93. The van der Waals surface area contributed by atoms with Gasteiger partial charge in [0.2, 0.25) is 0 Å². The quantitative estimate of drug-likeness (QED) is 0.861. The highest BCUT2D eigenvalue weighted by Gasteiger charge is 2.23. The number of halogens is 1. The molecule has 21 heavy (non-hydrogen) atoms. The van der Waals surface area contributed by atoms with E-state index in [4.69, 9.17) is 11.6 Å². The first-order valence-corrected chi connectivity index (χ1v) is 7.47. The number of thioether (sulfide) groups is 1. The van der Waals surface area contributed by atoms with Gasteiger partial charge in [0.05, 0.1) is 10.6 Å². The number of nitrogens with zero attached hydrogens (tertiary/aromatic N) is 2. The third kappa shape index (κ3) is 3.37. The van der Waals surface area contributed by atoms with Crippen LogP contribution in [-0.2, 0) is 11.8 Å². The van der Waals surface area contributed by atoms with E-state index in [1.54, 1.807) is 12.1 Å². The summed E-state index contributed by atoms with van der Waals surface area (Å²) in [7, 11) is 1.94. The Balaban J connectivity index is 1.83. The Morgan fingerprint density at radius 1 is 1.38 bits per heavy atom. The van der Waals surface area contributed by atoms with Crippen molar-refractivity contribution in [3.63, 3.8) is 0 Å². The normalized spacial score (nSPS) is 18.5. The number of hydrogen-bond acceptors (Lipinski definition) is 3. The third-order valence-electron chi connectivity index (χ3n) is 2.84. The van der Waals surface area contributed by atoms with Crippen LogP contribution >= 0.6 is 23.4 Å².